The number of hydrogen-bond donors (Lipinski definition) is 1. The molecular formula is C23H24N4O3. The Hall–Kier alpha value is -3.61. The number of nitrogens with one attached hydrogen (secondary N) is 1. The normalized spacial score (nSPS) is 16.4. The second-order valence-electron chi connectivity index (χ2n) is 7.60. The zero-order valence-electron chi connectivity index (χ0n) is 17.1. The third-order valence-electron chi connectivity index (χ3n) is 5.43. The summed E-state index contributed by atoms with van der Waals surface area (Å²) in [6.45, 7) is 3.54. The highest BCUT2D eigenvalue weighted by Gasteiger charge is 2.37. The highest BCUT2D eigenvalue weighted by molar-refractivity contribution is 6.22. The van der Waals surface area contributed by atoms with E-state index in [0.717, 1.165) is 34.6 Å². The average Bonchev–Trinajstić information content (AvgIpc) is 2.97. The van der Waals surface area contributed by atoms with Gasteiger partial charge in [-0.05, 0) is 61.6 Å². The summed E-state index contributed by atoms with van der Waals surface area (Å²) in [6, 6.07) is 6.99. The number of hydrogen-bond acceptors (Lipinski definition) is 5. The van der Waals surface area contributed by atoms with Gasteiger partial charge in [-0.2, -0.15) is 0 Å². The molecule has 7 nitrogen and oxygen atoms in total. The van der Waals surface area contributed by atoms with Crippen molar-refractivity contribution in [3.63, 3.8) is 0 Å². The third kappa shape index (κ3) is 3.43. The monoisotopic (exact) mass is 404 g/mol. The van der Waals surface area contributed by atoms with Crippen LogP contribution < -0.4 is 5.32 Å². The van der Waals surface area contributed by atoms with Crippen molar-refractivity contribution >= 4 is 29.1 Å². The molecule has 1 aromatic heterocycles. The maximum absolute atomic E-state index is 12.9. The van der Waals surface area contributed by atoms with Gasteiger partial charge >= 0.3 is 0 Å². The van der Waals surface area contributed by atoms with Crippen molar-refractivity contribution < 1.29 is 15.8 Å². The number of anilines is 1. The van der Waals surface area contributed by atoms with Crippen LogP contribution in [0.1, 0.15) is 64.6 Å². The first-order valence-corrected chi connectivity index (χ1v) is 9.85. The maximum atomic E-state index is 12.9. The predicted molar refractivity (Wildman–Crippen MR) is 115 cm³/mol. The Bertz CT molecular complexity index is 1120. The summed E-state index contributed by atoms with van der Waals surface area (Å²) in [5, 5.41) is 11.1. The van der Waals surface area contributed by atoms with Gasteiger partial charge in [-0.25, -0.2) is 0 Å². The van der Waals surface area contributed by atoms with E-state index >= 15 is 0 Å². The van der Waals surface area contributed by atoms with Crippen LogP contribution in [0.3, 0.4) is 0 Å². The van der Waals surface area contributed by atoms with Crippen LogP contribution in [0.25, 0.3) is 5.57 Å². The largest absolute Gasteiger partial charge is 0.309 e. The maximum Gasteiger partial charge on any atom is 0.261 e. The Labute approximate surface area is 176 Å². The first-order valence-electron chi connectivity index (χ1n) is 9.85. The van der Waals surface area contributed by atoms with Crippen LogP contribution in [-0.4, -0.2) is 39.9 Å². The molecule has 0 spiro atoms. The van der Waals surface area contributed by atoms with Gasteiger partial charge in [-0.15, -0.1) is 10.2 Å². The zero-order valence-corrected chi connectivity index (χ0v) is 17.1. The van der Waals surface area contributed by atoms with Crippen LogP contribution in [0.15, 0.2) is 42.5 Å². The molecule has 30 heavy (non-hydrogen) atoms. The first-order chi connectivity index (χ1) is 14.4. The van der Waals surface area contributed by atoms with Gasteiger partial charge in [0.05, 0.1) is 22.7 Å². The van der Waals surface area contributed by atoms with Crippen molar-refractivity contribution in [3.8, 4) is 0 Å². The smallest absolute Gasteiger partial charge is 0.261 e. The SMILES string of the molecule is Cc1cc2c(c([C@@H](C)C(=O)Nc3ccc(C4=CCCC=C4)nn3)c1)C(=O)N(C)C2=O.[HH]. The Morgan fingerprint density at radius 3 is 2.63 bits per heavy atom. The van der Waals surface area contributed by atoms with Crippen molar-refractivity contribution in [2.24, 2.45) is 0 Å². The summed E-state index contributed by atoms with van der Waals surface area (Å²) < 4.78 is 0. The Balaban J connectivity index is 0.00000272. The summed E-state index contributed by atoms with van der Waals surface area (Å²) in [4.78, 5) is 38.8. The first kappa shape index (κ1) is 19.7. The van der Waals surface area contributed by atoms with E-state index in [-0.39, 0.29) is 19.1 Å². The van der Waals surface area contributed by atoms with Crippen molar-refractivity contribution in [1.82, 2.24) is 15.1 Å². The molecule has 0 unspecified atom stereocenters. The summed E-state index contributed by atoms with van der Waals surface area (Å²) in [5.41, 5.74) is 3.76. The number of rotatable bonds is 4. The number of imide groups is 1. The van der Waals surface area contributed by atoms with Gasteiger partial charge in [0.15, 0.2) is 5.82 Å². The second kappa shape index (κ2) is 7.67. The van der Waals surface area contributed by atoms with E-state index in [2.05, 4.69) is 27.7 Å². The number of aryl methyl sites for hydroxylation is 1. The Morgan fingerprint density at radius 2 is 1.97 bits per heavy atom. The van der Waals surface area contributed by atoms with Gasteiger partial charge in [0, 0.05) is 8.47 Å². The molecule has 1 aromatic carbocycles. The lowest BCUT2D eigenvalue weighted by molar-refractivity contribution is -0.117. The van der Waals surface area contributed by atoms with E-state index < -0.39 is 5.92 Å². The van der Waals surface area contributed by atoms with Crippen LogP contribution in [0.4, 0.5) is 5.82 Å². The van der Waals surface area contributed by atoms with E-state index in [0.29, 0.717) is 22.5 Å². The van der Waals surface area contributed by atoms with Gasteiger partial charge < -0.3 is 5.32 Å². The lowest BCUT2D eigenvalue weighted by Gasteiger charge is -2.16. The molecule has 4 rings (SSSR count). The molecule has 0 saturated heterocycles. The number of amides is 3. The quantitative estimate of drug-likeness (QED) is 0.784. The molecule has 0 saturated carbocycles. The predicted octanol–water partition coefficient (Wildman–Crippen LogP) is 3.73. The minimum absolute atomic E-state index is 0. The second-order valence-corrected chi connectivity index (χ2v) is 7.60. The fraction of sp³-hybridized carbons (Fsp3) is 0.261. The lowest BCUT2D eigenvalue weighted by Crippen LogP contribution is -2.25. The minimum Gasteiger partial charge on any atom is -0.309 e. The molecular weight excluding hydrogens is 380 g/mol. The summed E-state index contributed by atoms with van der Waals surface area (Å²) in [7, 11) is 1.45. The fourth-order valence-electron chi connectivity index (χ4n) is 3.74. The van der Waals surface area contributed by atoms with Crippen LogP contribution in [0, 0.1) is 6.92 Å². The highest BCUT2D eigenvalue weighted by atomic mass is 16.2. The molecule has 2 aliphatic rings. The molecule has 2 aromatic rings. The number of fused-ring (bicyclic) bond motifs is 1. The van der Waals surface area contributed by atoms with Crippen LogP contribution >= 0.6 is 0 Å². The summed E-state index contributed by atoms with van der Waals surface area (Å²) in [5.74, 6) is -1.37. The molecule has 2 heterocycles. The van der Waals surface area contributed by atoms with Crippen LogP contribution in [-0.2, 0) is 4.79 Å². The number of carbonyl (C=O) groups is 3. The van der Waals surface area contributed by atoms with E-state index in [1.807, 2.05) is 19.1 Å². The summed E-state index contributed by atoms with van der Waals surface area (Å²) >= 11 is 0. The van der Waals surface area contributed by atoms with Gasteiger partial charge in [0.1, 0.15) is 0 Å². The van der Waals surface area contributed by atoms with E-state index in [9.17, 15) is 14.4 Å². The number of allylic oxidation sites excluding steroid dienone is 4. The van der Waals surface area contributed by atoms with Crippen molar-refractivity contribution in [1.29, 1.82) is 0 Å². The van der Waals surface area contributed by atoms with Gasteiger partial charge in [-0.3, -0.25) is 19.3 Å². The lowest BCUT2D eigenvalue weighted by atomic mass is 9.90. The zero-order chi connectivity index (χ0) is 21.4. The van der Waals surface area contributed by atoms with E-state index in [4.69, 9.17) is 0 Å². The average molecular weight is 404 g/mol. The third-order valence-corrected chi connectivity index (χ3v) is 5.43. The van der Waals surface area contributed by atoms with E-state index in [1.54, 1.807) is 25.1 Å². The standard InChI is InChI=1S/C23H22N4O3.H2/c1-13-11-16(20-17(12-13)22(29)27(3)23(20)30)14(2)21(28)24-19-10-9-18(25-26-19)15-7-5-4-6-8-15;/h5,7-12,14H,4,6H2,1-3H3,(H,24,26,28);1H/t14-;/m1./s1. The van der Waals surface area contributed by atoms with Gasteiger partial charge in [-0.1, -0.05) is 24.3 Å². The highest BCUT2D eigenvalue weighted by Crippen LogP contribution is 2.32. The van der Waals surface area contributed by atoms with Crippen LogP contribution in [0.2, 0.25) is 0 Å². The number of aromatic nitrogens is 2. The minimum atomic E-state index is -0.646. The Morgan fingerprint density at radius 1 is 1.17 bits per heavy atom. The summed E-state index contributed by atoms with van der Waals surface area (Å²) in [6.07, 6.45) is 8.22. The molecule has 0 bridgehead atoms. The van der Waals surface area contributed by atoms with E-state index in [1.165, 1.54) is 7.05 Å². The molecule has 1 aliphatic carbocycles. The Kier molecular flexibility index (Phi) is 5.03. The van der Waals surface area contributed by atoms with Gasteiger partial charge in [0.2, 0.25) is 5.91 Å². The van der Waals surface area contributed by atoms with Gasteiger partial charge in [0.25, 0.3) is 11.8 Å². The molecule has 154 valence electrons. The molecule has 1 aliphatic heterocycles. The fourth-order valence-corrected chi connectivity index (χ4v) is 3.74. The van der Waals surface area contributed by atoms with Crippen molar-refractivity contribution in [3.05, 3.63) is 70.4 Å². The molecule has 0 fully saturated rings. The molecule has 7 heteroatoms. The number of benzene rings is 1. The van der Waals surface area contributed by atoms with Crippen molar-refractivity contribution in [2.75, 3.05) is 12.4 Å². The topological polar surface area (TPSA) is 92.3 Å². The number of nitrogens with zero attached hydrogens (tertiary/aromatic N) is 3. The van der Waals surface area contributed by atoms with Crippen LogP contribution in [0.5, 0.6) is 0 Å². The molecule has 3 amide bonds. The number of carbonyl (C=O) groups excluding carboxylic acids is 3. The van der Waals surface area contributed by atoms with Crippen molar-refractivity contribution in [2.45, 2.75) is 32.6 Å². The molecule has 1 N–H and O–H groups in total. The molecule has 0 radical (unpaired) electrons. The molecule has 1 atom stereocenters.